The average molecular weight is 310 g/mol. The van der Waals surface area contributed by atoms with E-state index in [1.165, 1.54) is 13.4 Å². The van der Waals surface area contributed by atoms with Crippen LogP contribution in [0.15, 0.2) is 10.7 Å². The molecular formula is C16H26N2O4. The van der Waals surface area contributed by atoms with Gasteiger partial charge in [0.1, 0.15) is 6.26 Å². The van der Waals surface area contributed by atoms with E-state index in [0.29, 0.717) is 18.4 Å². The van der Waals surface area contributed by atoms with Gasteiger partial charge < -0.3 is 14.1 Å². The minimum absolute atomic E-state index is 0.0333. The number of hydrogen-bond acceptors (Lipinski definition) is 5. The molecule has 0 fully saturated rings. The first-order valence-corrected chi connectivity index (χ1v) is 7.47. The van der Waals surface area contributed by atoms with Crippen molar-refractivity contribution in [3.8, 4) is 0 Å². The molecule has 1 aromatic heterocycles. The van der Waals surface area contributed by atoms with Gasteiger partial charge in [0.25, 0.3) is 0 Å². The van der Waals surface area contributed by atoms with Crippen LogP contribution in [-0.4, -0.2) is 35.4 Å². The van der Waals surface area contributed by atoms with E-state index in [2.05, 4.69) is 23.6 Å². The average Bonchev–Trinajstić information content (AvgIpc) is 2.89. The highest BCUT2D eigenvalue weighted by Gasteiger charge is 2.28. The third kappa shape index (κ3) is 5.16. The van der Waals surface area contributed by atoms with Gasteiger partial charge in [-0.3, -0.25) is 4.79 Å². The molecule has 124 valence electrons. The third-order valence-electron chi connectivity index (χ3n) is 3.18. The molecule has 22 heavy (non-hydrogen) atoms. The van der Waals surface area contributed by atoms with Crippen molar-refractivity contribution in [2.45, 2.75) is 47.6 Å². The Kier molecular flexibility index (Phi) is 6.14. The van der Waals surface area contributed by atoms with Gasteiger partial charge in [-0.2, -0.15) is 0 Å². The van der Waals surface area contributed by atoms with Crippen molar-refractivity contribution in [3.05, 3.63) is 17.8 Å². The van der Waals surface area contributed by atoms with Gasteiger partial charge in [0.05, 0.1) is 13.7 Å². The monoisotopic (exact) mass is 310 g/mol. The van der Waals surface area contributed by atoms with Crippen LogP contribution in [0.1, 0.15) is 57.4 Å². The summed E-state index contributed by atoms with van der Waals surface area (Å²) >= 11 is 0. The Bertz CT molecular complexity index is 514. The van der Waals surface area contributed by atoms with Gasteiger partial charge in [0, 0.05) is 12.0 Å². The molecule has 0 N–H and O–H groups in total. The predicted octanol–water partition coefficient (Wildman–Crippen LogP) is 2.88. The maximum Gasteiger partial charge on any atom is 0.360 e. The number of methoxy groups -OCH3 is 1. The Morgan fingerprint density at radius 3 is 2.50 bits per heavy atom. The summed E-state index contributed by atoms with van der Waals surface area (Å²) in [7, 11) is 1.29. The molecule has 0 atom stereocenters. The number of carbonyl (C=O) groups is 2. The zero-order valence-electron chi connectivity index (χ0n) is 14.3. The zero-order valence-corrected chi connectivity index (χ0v) is 14.3. The van der Waals surface area contributed by atoms with Crippen LogP contribution in [0, 0.1) is 11.3 Å². The van der Waals surface area contributed by atoms with Gasteiger partial charge in [-0.1, -0.05) is 34.6 Å². The molecule has 0 radical (unpaired) electrons. The fraction of sp³-hybridized carbons (Fsp3) is 0.688. The maximum absolute atomic E-state index is 12.5. The molecule has 6 heteroatoms. The van der Waals surface area contributed by atoms with E-state index in [4.69, 9.17) is 4.42 Å². The van der Waals surface area contributed by atoms with E-state index in [1.807, 2.05) is 20.8 Å². The molecule has 0 aliphatic heterocycles. The van der Waals surface area contributed by atoms with E-state index in [9.17, 15) is 9.59 Å². The number of rotatable bonds is 6. The molecular weight excluding hydrogens is 284 g/mol. The highest BCUT2D eigenvalue weighted by atomic mass is 16.5. The molecule has 0 saturated carbocycles. The van der Waals surface area contributed by atoms with E-state index < -0.39 is 11.4 Å². The fourth-order valence-corrected chi connectivity index (χ4v) is 1.89. The molecule has 0 aliphatic rings. The summed E-state index contributed by atoms with van der Waals surface area (Å²) in [5.41, 5.74) is -0.362. The fourth-order valence-electron chi connectivity index (χ4n) is 1.89. The van der Waals surface area contributed by atoms with Crippen LogP contribution >= 0.6 is 0 Å². The summed E-state index contributed by atoms with van der Waals surface area (Å²) < 4.78 is 9.88. The van der Waals surface area contributed by atoms with Crippen molar-refractivity contribution < 1.29 is 18.7 Å². The number of hydrogen-bond donors (Lipinski definition) is 0. The molecule has 1 rings (SSSR count). The lowest BCUT2D eigenvalue weighted by Crippen LogP contribution is -2.40. The number of oxazole rings is 1. The van der Waals surface area contributed by atoms with Gasteiger partial charge in [0.2, 0.25) is 11.8 Å². The molecule has 1 aromatic rings. The first kappa shape index (κ1) is 18.2. The van der Waals surface area contributed by atoms with E-state index >= 15 is 0 Å². The summed E-state index contributed by atoms with van der Waals surface area (Å²) in [4.78, 5) is 29.7. The van der Waals surface area contributed by atoms with E-state index in [-0.39, 0.29) is 18.1 Å². The molecule has 1 amide bonds. The second-order valence-electron chi connectivity index (χ2n) is 6.78. The van der Waals surface area contributed by atoms with Gasteiger partial charge in [-0.05, 0) is 12.3 Å². The molecule has 0 spiro atoms. The standard InChI is InChI=1S/C16H26N2O4/c1-11(2)7-8-18(15(20)16(3,4)5)9-13-17-12(10-22-13)14(19)21-6/h10-11H,7-9H2,1-6H3. The summed E-state index contributed by atoms with van der Waals surface area (Å²) in [5, 5.41) is 0. The van der Waals surface area contributed by atoms with Crippen molar-refractivity contribution >= 4 is 11.9 Å². The van der Waals surface area contributed by atoms with Crippen LogP contribution < -0.4 is 0 Å². The molecule has 0 saturated heterocycles. The highest BCUT2D eigenvalue weighted by molar-refractivity contribution is 5.86. The lowest BCUT2D eigenvalue weighted by Gasteiger charge is -2.29. The molecule has 6 nitrogen and oxygen atoms in total. The molecule has 1 heterocycles. The van der Waals surface area contributed by atoms with E-state index in [0.717, 1.165) is 6.42 Å². The second kappa shape index (κ2) is 7.42. The number of aromatic nitrogens is 1. The quantitative estimate of drug-likeness (QED) is 0.755. The van der Waals surface area contributed by atoms with E-state index in [1.54, 1.807) is 4.90 Å². The van der Waals surface area contributed by atoms with Crippen molar-refractivity contribution in [3.63, 3.8) is 0 Å². The summed E-state index contributed by atoms with van der Waals surface area (Å²) in [5.74, 6) is 0.309. The molecule has 0 aliphatic carbocycles. The first-order valence-electron chi connectivity index (χ1n) is 7.47. The topological polar surface area (TPSA) is 72.6 Å². The lowest BCUT2D eigenvalue weighted by atomic mass is 9.94. The smallest absolute Gasteiger partial charge is 0.360 e. The third-order valence-corrected chi connectivity index (χ3v) is 3.18. The van der Waals surface area contributed by atoms with Crippen LogP contribution in [-0.2, 0) is 16.1 Å². The zero-order chi connectivity index (χ0) is 16.9. The van der Waals surface area contributed by atoms with Crippen molar-refractivity contribution in [1.82, 2.24) is 9.88 Å². The molecule has 0 unspecified atom stereocenters. The maximum atomic E-state index is 12.5. The number of esters is 1. The number of ether oxygens (including phenoxy) is 1. The van der Waals surface area contributed by atoms with Crippen LogP contribution in [0.25, 0.3) is 0 Å². The van der Waals surface area contributed by atoms with Crippen LogP contribution in [0.5, 0.6) is 0 Å². The predicted molar refractivity (Wildman–Crippen MR) is 82.2 cm³/mol. The van der Waals surface area contributed by atoms with Crippen LogP contribution in [0.4, 0.5) is 0 Å². The van der Waals surface area contributed by atoms with Crippen molar-refractivity contribution in [2.75, 3.05) is 13.7 Å². The van der Waals surface area contributed by atoms with Gasteiger partial charge in [-0.25, -0.2) is 9.78 Å². The van der Waals surface area contributed by atoms with Crippen molar-refractivity contribution in [2.24, 2.45) is 11.3 Å². The minimum atomic E-state index is -0.550. The normalized spacial score (nSPS) is 11.6. The highest BCUT2D eigenvalue weighted by Crippen LogP contribution is 2.20. The number of carbonyl (C=O) groups excluding carboxylic acids is 2. The first-order chi connectivity index (χ1) is 10.1. The number of amides is 1. The summed E-state index contributed by atoms with van der Waals surface area (Å²) in [6.45, 7) is 10.7. The van der Waals surface area contributed by atoms with Crippen molar-refractivity contribution in [1.29, 1.82) is 0 Å². The summed E-state index contributed by atoms with van der Waals surface area (Å²) in [6.07, 6.45) is 2.15. The number of nitrogens with zero attached hydrogens (tertiary/aromatic N) is 2. The summed E-state index contributed by atoms with van der Waals surface area (Å²) in [6, 6.07) is 0. The van der Waals surface area contributed by atoms with Gasteiger partial charge in [0.15, 0.2) is 5.69 Å². The Morgan fingerprint density at radius 2 is 2.00 bits per heavy atom. The van der Waals surface area contributed by atoms with Gasteiger partial charge in [-0.15, -0.1) is 0 Å². The second-order valence-corrected chi connectivity index (χ2v) is 6.78. The Morgan fingerprint density at radius 1 is 1.36 bits per heavy atom. The van der Waals surface area contributed by atoms with Crippen LogP contribution in [0.2, 0.25) is 0 Å². The Hall–Kier alpha value is -1.85. The lowest BCUT2D eigenvalue weighted by molar-refractivity contribution is -0.140. The SMILES string of the molecule is COC(=O)c1coc(CN(CCC(C)C)C(=O)C(C)(C)C)n1. The largest absolute Gasteiger partial charge is 0.464 e. The molecule has 0 bridgehead atoms. The Labute approximate surface area is 131 Å². The van der Waals surface area contributed by atoms with Crippen LogP contribution in [0.3, 0.4) is 0 Å². The minimum Gasteiger partial charge on any atom is -0.464 e. The van der Waals surface area contributed by atoms with Gasteiger partial charge >= 0.3 is 5.97 Å². The molecule has 0 aromatic carbocycles. The Balaban J connectivity index is 2.85.